The molecule has 3 aromatic rings. The summed E-state index contributed by atoms with van der Waals surface area (Å²) in [6.45, 7) is 8.54. The number of aromatic nitrogens is 4. The minimum absolute atomic E-state index is 0.138. The van der Waals surface area contributed by atoms with Gasteiger partial charge in [0.25, 0.3) is 0 Å². The van der Waals surface area contributed by atoms with E-state index in [9.17, 15) is 0 Å². The molecule has 1 aromatic carbocycles. The number of nitrogens with zero attached hydrogens (tertiary/aromatic N) is 3. The third-order valence-electron chi connectivity index (χ3n) is 3.41. The van der Waals surface area contributed by atoms with Crippen LogP contribution >= 0.6 is 0 Å². The first-order valence-electron chi connectivity index (χ1n) is 6.73. The van der Waals surface area contributed by atoms with Crippen LogP contribution in [0.5, 0.6) is 0 Å². The van der Waals surface area contributed by atoms with Gasteiger partial charge in [0, 0.05) is 11.6 Å². The number of rotatable bonds is 1. The van der Waals surface area contributed by atoms with Crippen LogP contribution in [0.15, 0.2) is 30.5 Å². The Balaban J connectivity index is 2.14. The van der Waals surface area contributed by atoms with Gasteiger partial charge in [0.05, 0.1) is 0 Å². The lowest BCUT2D eigenvalue weighted by Crippen LogP contribution is -2.10. The zero-order valence-electron chi connectivity index (χ0n) is 12.2. The first kappa shape index (κ1) is 12.8. The average Bonchev–Trinajstić information content (AvgIpc) is 2.83. The van der Waals surface area contributed by atoms with Crippen LogP contribution in [0.3, 0.4) is 0 Å². The van der Waals surface area contributed by atoms with Crippen LogP contribution in [0, 0.1) is 6.92 Å². The van der Waals surface area contributed by atoms with Crippen molar-refractivity contribution in [2.24, 2.45) is 0 Å². The van der Waals surface area contributed by atoms with E-state index in [2.05, 4.69) is 59.1 Å². The summed E-state index contributed by atoms with van der Waals surface area (Å²) in [5.74, 6) is 1.44. The van der Waals surface area contributed by atoms with E-state index < -0.39 is 0 Å². The summed E-state index contributed by atoms with van der Waals surface area (Å²) in [5.41, 5.74) is 2.25. The lowest BCUT2D eigenvalue weighted by atomic mass is 9.86. The molecule has 0 aliphatic rings. The quantitative estimate of drug-likeness (QED) is 0.731. The summed E-state index contributed by atoms with van der Waals surface area (Å²) >= 11 is 0. The van der Waals surface area contributed by atoms with E-state index in [0.717, 1.165) is 16.9 Å². The Morgan fingerprint density at radius 3 is 2.50 bits per heavy atom. The van der Waals surface area contributed by atoms with Crippen molar-refractivity contribution in [2.75, 3.05) is 0 Å². The molecule has 0 radical (unpaired) electrons. The number of benzene rings is 1. The molecule has 2 heterocycles. The maximum absolute atomic E-state index is 4.44. The van der Waals surface area contributed by atoms with Crippen molar-refractivity contribution in [3.05, 3.63) is 41.9 Å². The van der Waals surface area contributed by atoms with E-state index in [1.165, 1.54) is 10.9 Å². The van der Waals surface area contributed by atoms with Gasteiger partial charge in [-0.2, -0.15) is 5.10 Å². The molecular weight excluding hydrogens is 248 g/mol. The molecular formula is C16H18N4. The third kappa shape index (κ3) is 2.29. The number of H-pyrrole nitrogens is 1. The summed E-state index contributed by atoms with van der Waals surface area (Å²) in [7, 11) is 0. The van der Waals surface area contributed by atoms with Crippen molar-refractivity contribution < 1.29 is 0 Å². The highest BCUT2D eigenvalue weighted by Crippen LogP contribution is 2.27. The van der Waals surface area contributed by atoms with Crippen molar-refractivity contribution in [3.63, 3.8) is 0 Å². The molecule has 0 bridgehead atoms. The number of fused-ring (bicyclic) bond motifs is 1. The molecule has 4 nitrogen and oxygen atoms in total. The second kappa shape index (κ2) is 4.40. The van der Waals surface area contributed by atoms with Crippen LogP contribution in [-0.2, 0) is 5.41 Å². The number of nitrogens with one attached hydrogen (secondary N) is 1. The Labute approximate surface area is 118 Å². The monoisotopic (exact) mass is 266 g/mol. The fourth-order valence-electron chi connectivity index (χ4n) is 2.19. The summed E-state index contributed by atoms with van der Waals surface area (Å²) < 4.78 is 0. The largest absolute Gasteiger partial charge is 0.263 e. The molecule has 0 aliphatic carbocycles. The molecule has 0 aliphatic heterocycles. The van der Waals surface area contributed by atoms with Gasteiger partial charge in [-0.25, -0.2) is 4.98 Å². The van der Waals surface area contributed by atoms with Gasteiger partial charge in [-0.15, -0.1) is 0 Å². The van der Waals surface area contributed by atoms with Crippen molar-refractivity contribution in [1.82, 2.24) is 20.2 Å². The molecule has 1 N–H and O–H groups in total. The third-order valence-corrected chi connectivity index (χ3v) is 3.41. The maximum Gasteiger partial charge on any atom is 0.199 e. The van der Waals surface area contributed by atoms with Gasteiger partial charge in [-0.3, -0.25) is 10.1 Å². The molecule has 0 atom stereocenters. The van der Waals surface area contributed by atoms with E-state index in [0.29, 0.717) is 5.82 Å². The van der Waals surface area contributed by atoms with Crippen LogP contribution in [0.25, 0.3) is 22.3 Å². The zero-order valence-corrected chi connectivity index (χ0v) is 12.2. The number of aromatic amines is 1. The van der Waals surface area contributed by atoms with E-state index in [4.69, 9.17) is 0 Å². The normalized spacial score (nSPS) is 12.0. The maximum atomic E-state index is 4.44. The first-order valence-corrected chi connectivity index (χ1v) is 6.73. The Morgan fingerprint density at radius 1 is 1.05 bits per heavy atom. The molecule has 20 heavy (non-hydrogen) atoms. The lowest BCUT2D eigenvalue weighted by molar-refractivity contribution is 0.591. The topological polar surface area (TPSA) is 54.5 Å². The average molecular weight is 266 g/mol. The summed E-state index contributed by atoms with van der Waals surface area (Å²) in [6, 6.07) is 8.56. The second-order valence-electron chi connectivity index (χ2n) is 6.13. The van der Waals surface area contributed by atoms with Gasteiger partial charge in [0.2, 0.25) is 0 Å². The first-order chi connectivity index (χ1) is 9.43. The molecule has 0 fully saturated rings. The zero-order chi connectivity index (χ0) is 14.3. The number of aryl methyl sites for hydroxylation is 1. The van der Waals surface area contributed by atoms with Gasteiger partial charge in [-0.05, 0) is 29.4 Å². The fourth-order valence-corrected chi connectivity index (χ4v) is 2.19. The van der Waals surface area contributed by atoms with E-state index in [1.54, 1.807) is 0 Å². The number of hydrogen-bond donors (Lipinski definition) is 1. The van der Waals surface area contributed by atoms with Crippen molar-refractivity contribution in [1.29, 1.82) is 0 Å². The number of hydrogen-bond acceptors (Lipinski definition) is 3. The van der Waals surface area contributed by atoms with Crippen LogP contribution in [0.4, 0.5) is 0 Å². The summed E-state index contributed by atoms with van der Waals surface area (Å²) in [4.78, 5) is 8.77. The van der Waals surface area contributed by atoms with Gasteiger partial charge >= 0.3 is 0 Å². The van der Waals surface area contributed by atoms with Crippen molar-refractivity contribution in [3.8, 4) is 11.5 Å². The van der Waals surface area contributed by atoms with E-state index >= 15 is 0 Å². The van der Waals surface area contributed by atoms with Gasteiger partial charge < -0.3 is 0 Å². The van der Waals surface area contributed by atoms with Crippen molar-refractivity contribution in [2.45, 2.75) is 33.1 Å². The predicted molar refractivity (Wildman–Crippen MR) is 80.6 cm³/mol. The molecule has 0 amide bonds. The minimum Gasteiger partial charge on any atom is -0.263 e. The highest BCUT2D eigenvalue weighted by Gasteiger charge is 2.14. The van der Waals surface area contributed by atoms with Crippen LogP contribution in [0.1, 0.15) is 32.2 Å². The molecule has 2 aromatic heterocycles. The molecule has 3 rings (SSSR count). The van der Waals surface area contributed by atoms with Gasteiger partial charge in [-0.1, -0.05) is 39.0 Å². The van der Waals surface area contributed by atoms with Crippen LogP contribution in [-0.4, -0.2) is 20.2 Å². The second-order valence-corrected chi connectivity index (χ2v) is 6.13. The smallest absolute Gasteiger partial charge is 0.199 e. The molecule has 0 unspecified atom stereocenters. The Morgan fingerprint density at radius 2 is 1.85 bits per heavy atom. The Bertz CT molecular complexity index is 765. The van der Waals surface area contributed by atoms with Gasteiger partial charge in [0.15, 0.2) is 5.82 Å². The fraction of sp³-hybridized carbons (Fsp3) is 0.312. The number of pyridine rings is 1. The molecule has 0 spiro atoms. The molecule has 0 saturated heterocycles. The Hall–Kier alpha value is -2.23. The summed E-state index contributed by atoms with van der Waals surface area (Å²) in [5, 5.41) is 9.32. The molecule has 102 valence electrons. The molecule has 0 saturated carbocycles. The Kier molecular flexibility index (Phi) is 2.82. The highest BCUT2D eigenvalue weighted by atomic mass is 15.2. The van der Waals surface area contributed by atoms with E-state index in [-0.39, 0.29) is 5.41 Å². The van der Waals surface area contributed by atoms with E-state index in [1.807, 2.05) is 19.2 Å². The van der Waals surface area contributed by atoms with Crippen molar-refractivity contribution >= 4 is 10.8 Å². The standard InChI is InChI=1S/C16H18N4/c1-10-18-15(20-19-10)14-8-12-7-13(16(2,3)4)6-5-11(12)9-17-14/h5-9H,1-4H3,(H,18,19,20). The minimum atomic E-state index is 0.138. The highest BCUT2D eigenvalue weighted by molar-refractivity contribution is 5.85. The summed E-state index contributed by atoms with van der Waals surface area (Å²) in [6.07, 6.45) is 1.88. The predicted octanol–water partition coefficient (Wildman–Crippen LogP) is 3.63. The lowest BCUT2D eigenvalue weighted by Gasteiger charge is -2.19. The SMILES string of the molecule is Cc1nc(-c2cc3cc(C(C)(C)C)ccc3cn2)n[nH]1. The van der Waals surface area contributed by atoms with Gasteiger partial charge in [0.1, 0.15) is 11.5 Å². The molecule has 4 heteroatoms. The van der Waals surface area contributed by atoms with Crippen LogP contribution in [0.2, 0.25) is 0 Å². The van der Waals surface area contributed by atoms with Crippen LogP contribution < -0.4 is 0 Å².